The van der Waals surface area contributed by atoms with Gasteiger partial charge in [-0.15, -0.1) is 0 Å². The Labute approximate surface area is 164 Å². The maximum absolute atomic E-state index is 12.8. The van der Waals surface area contributed by atoms with E-state index in [1.54, 1.807) is 0 Å². The van der Waals surface area contributed by atoms with Gasteiger partial charge in [-0.25, -0.2) is 4.98 Å². The molecule has 3 aliphatic rings. The molecule has 1 aromatic carbocycles. The van der Waals surface area contributed by atoms with Crippen molar-refractivity contribution < 1.29 is 14.3 Å². The number of fused-ring (bicyclic) bond motifs is 1. The first-order chi connectivity index (χ1) is 13.7. The number of piperidine rings is 1. The lowest BCUT2D eigenvalue weighted by Crippen LogP contribution is -2.37. The molecular weight excluding hydrogens is 356 g/mol. The second-order valence-corrected chi connectivity index (χ2v) is 8.01. The first-order valence-corrected chi connectivity index (χ1v) is 10.1. The lowest BCUT2D eigenvalue weighted by atomic mass is 10.0. The number of nitrogens with one attached hydrogen (secondary N) is 1. The van der Waals surface area contributed by atoms with E-state index in [0.29, 0.717) is 0 Å². The fourth-order valence-electron chi connectivity index (χ4n) is 4.59. The number of hydrogen-bond donors (Lipinski definition) is 1. The molecule has 2 saturated heterocycles. The molecule has 28 heavy (non-hydrogen) atoms. The normalized spacial score (nSPS) is 24.9. The van der Waals surface area contributed by atoms with E-state index in [1.165, 1.54) is 19.3 Å². The standard InChI is InChI=1S/C21H26N4O3/c1-24-17(9-15(21(24)26)12-25-7-3-2-4-8-25)20-22-11-16(23-20)14-5-6-18-19(10-14)28-13-27-18/h5-6,10-11,15,17H,2-4,7-9,12-13H2,1H3,(H,22,23)/t15-,17+/m1/s1. The van der Waals surface area contributed by atoms with Crippen molar-refractivity contribution >= 4 is 5.91 Å². The predicted molar refractivity (Wildman–Crippen MR) is 104 cm³/mol. The molecule has 2 fully saturated rings. The third kappa shape index (κ3) is 3.13. The van der Waals surface area contributed by atoms with E-state index < -0.39 is 0 Å². The number of H-pyrrole nitrogens is 1. The van der Waals surface area contributed by atoms with Crippen molar-refractivity contribution in [2.75, 3.05) is 33.5 Å². The van der Waals surface area contributed by atoms with Crippen molar-refractivity contribution in [1.82, 2.24) is 19.8 Å². The van der Waals surface area contributed by atoms with Crippen LogP contribution in [0.2, 0.25) is 0 Å². The third-order valence-corrected chi connectivity index (χ3v) is 6.19. The Balaban J connectivity index is 1.31. The summed E-state index contributed by atoms with van der Waals surface area (Å²) in [5.41, 5.74) is 1.92. The minimum absolute atomic E-state index is 0.00468. The highest BCUT2D eigenvalue weighted by molar-refractivity contribution is 5.81. The van der Waals surface area contributed by atoms with Gasteiger partial charge in [0, 0.05) is 19.2 Å². The number of imidazole rings is 1. The number of rotatable bonds is 4. The van der Waals surface area contributed by atoms with Gasteiger partial charge in [0.15, 0.2) is 11.5 Å². The fourth-order valence-corrected chi connectivity index (χ4v) is 4.59. The summed E-state index contributed by atoms with van der Waals surface area (Å²) in [6, 6.07) is 5.87. The summed E-state index contributed by atoms with van der Waals surface area (Å²) >= 11 is 0. The van der Waals surface area contributed by atoms with Crippen LogP contribution in [0.1, 0.15) is 37.5 Å². The number of nitrogens with zero attached hydrogens (tertiary/aromatic N) is 3. The Morgan fingerprint density at radius 1 is 1.18 bits per heavy atom. The minimum atomic E-state index is 0.00468. The zero-order valence-electron chi connectivity index (χ0n) is 16.2. The largest absolute Gasteiger partial charge is 0.454 e. The summed E-state index contributed by atoms with van der Waals surface area (Å²) in [7, 11) is 1.89. The maximum Gasteiger partial charge on any atom is 0.231 e. The van der Waals surface area contributed by atoms with Crippen LogP contribution < -0.4 is 9.47 Å². The van der Waals surface area contributed by atoms with Crippen molar-refractivity contribution in [1.29, 1.82) is 0 Å². The SMILES string of the molecule is CN1C(=O)[C@@H](CN2CCCCC2)C[C@H]1c1ncc(-c2ccc3c(c2)OCO3)[nH]1. The molecule has 1 aromatic heterocycles. The summed E-state index contributed by atoms with van der Waals surface area (Å²) in [6.07, 6.45) is 6.46. The molecule has 0 spiro atoms. The zero-order chi connectivity index (χ0) is 19.1. The maximum atomic E-state index is 12.8. The monoisotopic (exact) mass is 382 g/mol. The molecule has 148 valence electrons. The highest BCUT2D eigenvalue weighted by atomic mass is 16.7. The molecule has 1 amide bonds. The number of likely N-dealkylation sites (tertiary alicyclic amines) is 2. The molecule has 5 rings (SSSR count). The van der Waals surface area contributed by atoms with E-state index in [0.717, 1.165) is 54.6 Å². The second kappa shape index (κ2) is 7.13. The minimum Gasteiger partial charge on any atom is -0.454 e. The van der Waals surface area contributed by atoms with Gasteiger partial charge in [-0.05, 0) is 50.6 Å². The zero-order valence-corrected chi connectivity index (χ0v) is 16.2. The number of carbonyl (C=O) groups excluding carboxylic acids is 1. The third-order valence-electron chi connectivity index (χ3n) is 6.19. The van der Waals surface area contributed by atoms with Gasteiger partial charge in [-0.2, -0.15) is 0 Å². The Hall–Kier alpha value is -2.54. The second-order valence-electron chi connectivity index (χ2n) is 8.01. The number of aromatic amines is 1. The van der Waals surface area contributed by atoms with Crippen LogP contribution in [0.3, 0.4) is 0 Å². The summed E-state index contributed by atoms with van der Waals surface area (Å²) in [5.74, 6) is 2.67. The van der Waals surface area contributed by atoms with Gasteiger partial charge in [-0.3, -0.25) is 4.79 Å². The van der Waals surface area contributed by atoms with Gasteiger partial charge in [0.1, 0.15) is 5.82 Å². The molecule has 1 N–H and O–H groups in total. The molecule has 0 saturated carbocycles. The number of carbonyl (C=O) groups is 1. The van der Waals surface area contributed by atoms with E-state index in [1.807, 2.05) is 36.3 Å². The van der Waals surface area contributed by atoms with E-state index >= 15 is 0 Å². The molecular formula is C21H26N4O3. The summed E-state index contributed by atoms with van der Waals surface area (Å²) in [6.45, 7) is 3.37. The molecule has 0 bridgehead atoms. The van der Waals surface area contributed by atoms with Crippen molar-refractivity contribution in [2.45, 2.75) is 31.7 Å². The summed E-state index contributed by atoms with van der Waals surface area (Å²) < 4.78 is 10.9. The molecule has 2 atom stereocenters. The fraction of sp³-hybridized carbons (Fsp3) is 0.524. The van der Waals surface area contributed by atoms with Gasteiger partial charge in [0.05, 0.1) is 23.9 Å². The smallest absolute Gasteiger partial charge is 0.231 e. The van der Waals surface area contributed by atoms with E-state index in [9.17, 15) is 4.79 Å². The van der Waals surface area contributed by atoms with Crippen molar-refractivity contribution in [3.63, 3.8) is 0 Å². The number of amides is 1. The number of aromatic nitrogens is 2. The van der Waals surface area contributed by atoms with Gasteiger partial charge in [-0.1, -0.05) is 6.42 Å². The van der Waals surface area contributed by atoms with Crippen molar-refractivity contribution in [3.8, 4) is 22.8 Å². The van der Waals surface area contributed by atoms with Crippen LogP contribution in [-0.2, 0) is 4.79 Å². The topological polar surface area (TPSA) is 70.7 Å². The van der Waals surface area contributed by atoms with Crippen LogP contribution >= 0.6 is 0 Å². The van der Waals surface area contributed by atoms with Crippen LogP contribution in [0, 0.1) is 5.92 Å². The summed E-state index contributed by atoms with van der Waals surface area (Å²) in [5, 5.41) is 0. The molecule has 2 aromatic rings. The van der Waals surface area contributed by atoms with Gasteiger partial charge in [0.2, 0.25) is 12.7 Å². The van der Waals surface area contributed by atoms with E-state index in [2.05, 4.69) is 14.9 Å². The van der Waals surface area contributed by atoms with Gasteiger partial charge in [0.25, 0.3) is 0 Å². The highest BCUT2D eigenvalue weighted by Gasteiger charge is 2.40. The molecule has 3 aliphatic heterocycles. The van der Waals surface area contributed by atoms with Crippen molar-refractivity contribution in [2.24, 2.45) is 5.92 Å². The lowest BCUT2D eigenvalue weighted by molar-refractivity contribution is -0.131. The molecule has 0 aliphatic carbocycles. The van der Waals surface area contributed by atoms with E-state index in [4.69, 9.17) is 9.47 Å². The first-order valence-electron chi connectivity index (χ1n) is 10.1. The Morgan fingerprint density at radius 2 is 2.00 bits per heavy atom. The van der Waals surface area contributed by atoms with E-state index in [-0.39, 0.29) is 24.7 Å². The van der Waals surface area contributed by atoms with Crippen LogP contribution in [0.15, 0.2) is 24.4 Å². The average Bonchev–Trinajstić information content (AvgIpc) is 3.44. The highest BCUT2D eigenvalue weighted by Crippen LogP contribution is 2.38. The quantitative estimate of drug-likeness (QED) is 0.881. The van der Waals surface area contributed by atoms with Crippen LogP contribution in [0.5, 0.6) is 11.5 Å². The first kappa shape index (κ1) is 17.6. The Bertz CT molecular complexity index is 874. The molecule has 7 heteroatoms. The molecule has 4 heterocycles. The number of hydrogen-bond acceptors (Lipinski definition) is 5. The predicted octanol–water partition coefficient (Wildman–Crippen LogP) is 2.81. The molecule has 7 nitrogen and oxygen atoms in total. The van der Waals surface area contributed by atoms with Crippen LogP contribution in [0.4, 0.5) is 0 Å². The van der Waals surface area contributed by atoms with Crippen molar-refractivity contribution in [3.05, 3.63) is 30.2 Å². The average molecular weight is 382 g/mol. The Kier molecular flexibility index (Phi) is 4.47. The number of ether oxygens (including phenoxy) is 2. The summed E-state index contributed by atoms with van der Waals surface area (Å²) in [4.78, 5) is 25.1. The molecule has 0 radical (unpaired) electrons. The molecule has 0 unspecified atom stereocenters. The van der Waals surface area contributed by atoms with Gasteiger partial charge >= 0.3 is 0 Å². The van der Waals surface area contributed by atoms with Crippen LogP contribution in [0.25, 0.3) is 11.3 Å². The van der Waals surface area contributed by atoms with Gasteiger partial charge < -0.3 is 24.3 Å². The Morgan fingerprint density at radius 3 is 2.86 bits per heavy atom. The van der Waals surface area contributed by atoms with Crippen LogP contribution in [-0.4, -0.2) is 59.1 Å². The lowest BCUT2D eigenvalue weighted by Gasteiger charge is -2.28. The number of benzene rings is 1.